The van der Waals surface area contributed by atoms with Crippen molar-refractivity contribution in [1.29, 1.82) is 0 Å². The van der Waals surface area contributed by atoms with Crippen molar-refractivity contribution in [2.75, 3.05) is 5.32 Å². The second-order valence-corrected chi connectivity index (χ2v) is 7.48. The maximum absolute atomic E-state index is 12.2. The molecule has 0 saturated heterocycles. The minimum Gasteiger partial charge on any atom is -0.469 e. The summed E-state index contributed by atoms with van der Waals surface area (Å²) in [5.41, 5.74) is 1.01. The second-order valence-electron chi connectivity index (χ2n) is 6.50. The third-order valence-corrected chi connectivity index (χ3v) is 4.91. The molecule has 0 aromatic carbocycles. The molecule has 1 atom stereocenters. The highest BCUT2D eigenvalue weighted by atomic mass is 32.1. The monoisotopic (exact) mass is 320 g/mol. The Labute approximate surface area is 133 Å². The molecule has 1 unspecified atom stereocenters. The molecule has 7 heteroatoms. The predicted molar refractivity (Wildman–Crippen MR) is 85.2 cm³/mol. The fourth-order valence-electron chi connectivity index (χ4n) is 2.50. The summed E-state index contributed by atoms with van der Waals surface area (Å²) in [7, 11) is 0. The molecule has 22 heavy (non-hydrogen) atoms. The van der Waals surface area contributed by atoms with Gasteiger partial charge < -0.3 is 9.73 Å². The van der Waals surface area contributed by atoms with Gasteiger partial charge in [-0.25, -0.2) is 4.79 Å². The molecule has 3 rings (SSSR count). The summed E-state index contributed by atoms with van der Waals surface area (Å²) in [6, 6.07) is 1.68. The summed E-state index contributed by atoms with van der Waals surface area (Å²) >= 11 is 1.40. The van der Waals surface area contributed by atoms with Gasteiger partial charge in [0.1, 0.15) is 10.8 Å². The van der Waals surface area contributed by atoms with E-state index in [9.17, 15) is 4.79 Å². The molecule has 118 valence electrons. The van der Waals surface area contributed by atoms with E-state index in [-0.39, 0.29) is 17.5 Å². The van der Waals surface area contributed by atoms with Gasteiger partial charge in [0.05, 0.1) is 12.3 Å². The van der Waals surface area contributed by atoms with Gasteiger partial charge in [-0.15, -0.1) is 10.2 Å². The summed E-state index contributed by atoms with van der Waals surface area (Å²) in [6.45, 7) is 6.21. The molecule has 2 amide bonds. The van der Waals surface area contributed by atoms with Gasteiger partial charge in [-0.2, -0.15) is 0 Å². The van der Waals surface area contributed by atoms with Crippen LogP contribution in [-0.2, 0) is 11.8 Å². The van der Waals surface area contributed by atoms with Crippen LogP contribution in [0.15, 0.2) is 16.7 Å². The van der Waals surface area contributed by atoms with Gasteiger partial charge in [0, 0.05) is 17.4 Å². The number of nitrogens with one attached hydrogen (secondary N) is 2. The van der Waals surface area contributed by atoms with Crippen molar-refractivity contribution in [1.82, 2.24) is 15.5 Å². The fraction of sp³-hybridized carbons (Fsp3) is 0.533. The molecule has 6 nitrogen and oxygen atoms in total. The number of amides is 2. The molecule has 2 heterocycles. The third-order valence-electron chi connectivity index (χ3n) is 3.64. The highest BCUT2D eigenvalue weighted by Gasteiger charge is 2.25. The fourth-order valence-corrected chi connectivity index (χ4v) is 3.30. The van der Waals surface area contributed by atoms with Gasteiger partial charge in [-0.1, -0.05) is 32.1 Å². The molecule has 1 aliphatic carbocycles. The Balaban J connectivity index is 1.63. The summed E-state index contributed by atoms with van der Waals surface area (Å²) in [5.74, 6) is 0.975. The molecule has 1 aliphatic rings. The van der Waals surface area contributed by atoms with Crippen molar-refractivity contribution in [2.24, 2.45) is 0 Å². The van der Waals surface area contributed by atoms with E-state index in [0.717, 1.165) is 35.6 Å². The van der Waals surface area contributed by atoms with E-state index in [4.69, 9.17) is 4.42 Å². The maximum atomic E-state index is 12.2. The number of fused-ring (bicyclic) bond motifs is 1. The standard InChI is InChI=1S/C15H20N4O2S/c1-15(2,3)12-18-19-14(22-12)17-13(20)16-10-5-4-6-11-9(10)7-8-21-11/h7-8,10H,4-6H2,1-3H3,(H2,16,17,19,20). The zero-order chi connectivity index (χ0) is 15.7. The predicted octanol–water partition coefficient (Wildman–Crippen LogP) is 3.63. The molecular weight excluding hydrogens is 300 g/mol. The van der Waals surface area contributed by atoms with Crippen LogP contribution in [0.1, 0.15) is 56.0 Å². The minimum atomic E-state index is -0.254. The number of aryl methyl sites for hydroxylation is 1. The Morgan fingerprint density at radius 1 is 1.41 bits per heavy atom. The van der Waals surface area contributed by atoms with Crippen molar-refractivity contribution < 1.29 is 9.21 Å². The van der Waals surface area contributed by atoms with Crippen molar-refractivity contribution in [3.8, 4) is 0 Å². The number of hydrogen-bond acceptors (Lipinski definition) is 5. The van der Waals surface area contributed by atoms with E-state index >= 15 is 0 Å². The Kier molecular flexibility index (Phi) is 3.90. The minimum absolute atomic E-state index is 0.00231. The first kappa shape index (κ1) is 15.0. The molecule has 0 saturated carbocycles. The van der Waals surface area contributed by atoms with E-state index in [2.05, 4.69) is 41.6 Å². The lowest BCUT2D eigenvalue weighted by Gasteiger charge is -2.22. The van der Waals surface area contributed by atoms with Crippen molar-refractivity contribution in [2.45, 2.75) is 51.5 Å². The maximum Gasteiger partial charge on any atom is 0.321 e. The number of aromatic nitrogens is 2. The summed E-state index contributed by atoms with van der Waals surface area (Å²) in [5, 5.41) is 15.3. The van der Waals surface area contributed by atoms with E-state index in [1.165, 1.54) is 11.3 Å². The first-order valence-corrected chi connectivity index (χ1v) is 8.23. The quantitative estimate of drug-likeness (QED) is 0.885. The number of urea groups is 1. The third kappa shape index (κ3) is 3.14. The van der Waals surface area contributed by atoms with E-state index in [0.29, 0.717) is 5.13 Å². The Bertz CT molecular complexity index is 671. The topological polar surface area (TPSA) is 80.0 Å². The molecule has 0 aliphatic heterocycles. The molecule has 0 spiro atoms. The number of carbonyl (C=O) groups is 1. The smallest absolute Gasteiger partial charge is 0.321 e. The molecule has 0 fully saturated rings. The lowest BCUT2D eigenvalue weighted by molar-refractivity contribution is 0.246. The van der Waals surface area contributed by atoms with Gasteiger partial charge >= 0.3 is 6.03 Å². The number of anilines is 1. The molecule has 0 bridgehead atoms. The average Bonchev–Trinajstić information content (AvgIpc) is 3.06. The normalized spacial score (nSPS) is 17.9. The molecule has 2 aromatic rings. The number of hydrogen-bond donors (Lipinski definition) is 2. The summed E-state index contributed by atoms with van der Waals surface area (Å²) < 4.78 is 5.43. The van der Waals surface area contributed by atoms with E-state index in [1.54, 1.807) is 6.26 Å². The van der Waals surface area contributed by atoms with Crippen LogP contribution in [0.5, 0.6) is 0 Å². The van der Waals surface area contributed by atoms with Crippen LogP contribution in [0.2, 0.25) is 0 Å². The van der Waals surface area contributed by atoms with Gasteiger partial charge in [0.2, 0.25) is 5.13 Å². The largest absolute Gasteiger partial charge is 0.469 e. The summed E-state index contributed by atoms with van der Waals surface area (Å²) in [6.07, 6.45) is 4.55. The second kappa shape index (κ2) is 5.72. The van der Waals surface area contributed by atoms with Crippen LogP contribution in [0.4, 0.5) is 9.93 Å². The highest BCUT2D eigenvalue weighted by Crippen LogP contribution is 2.31. The van der Waals surface area contributed by atoms with Crippen LogP contribution >= 0.6 is 11.3 Å². The van der Waals surface area contributed by atoms with E-state index in [1.807, 2.05) is 6.07 Å². The zero-order valence-electron chi connectivity index (χ0n) is 13.0. The van der Waals surface area contributed by atoms with Crippen LogP contribution < -0.4 is 10.6 Å². The van der Waals surface area contributed by atoms with Gasteiger partial charge in [-0.05, 0) is 18.9 Å². The Morgan fingerprint density at radius 2 is 2.23 bits per heavy atom. The number of carbonyl (C=O) groups excluding carboxylic acids is 1. The summed E-state index contributed by atoms with van der Waals surface area (Å²) in [4.78, 5) is 12.2. The molecule has 2 aromatic heterocycles. The average molecular weight is 320 g/mol. The Morgan fingerprint density at radius 3 is 2.95 bits per heavy atom. The lowest BCUT2D eigenvalue weighted by atomic mass is 9.93. The SMILES string of the molecule is CC(C)(C)c1nnc(NC(=O)NC2CCCc3occc32)s1. The lowest BCUT2D eigenvalue weighted by Crippen LogP contribution is -2.34. The first-order valence-electron chi connectivity index (χ1n) is 7.41. The van der Waals surface area contributed by atoms with Crippen LogP contribution in [0.3, 0.4) is 0 Å². The van der Waals surface area contributed by atoms with Gasteiger partial charge in [0.25, 0.3) is 0 Å². The van der Waals surface area contributed by atoms with Crippen molar-refractivity contribution in [3.05, 3.63) is 28.7 Å². The molecular formula is C15H20N4O2S. The number of furan rings is 1. The number of nitrogens with zero attached hydrogens (tertiary/aromatic N) is 2. The zero-order valence-corrected chi connectivity index (χ0v) is 13.8. The first-order chi connectivity index (χ1) is 10.4. The molecule has 0 radical (unpaired) electrons. The van der Waals surface area contributed by atoms with E-state index < -0.39 is 0 Å². The highest BCUT2D eigenvalue weighted by molar-refractivity contribution is 7.15. The number of rotatable bonds is 2. The van der Waals surface area contributed by atoms with Gasteiger partial charge in [-0.3, -0.25) is 5.32 Å². The van der Waals surface area contributed by atoms with Crippen LogP contribution in [-0.4, -0.2) is 16.2 Å². The van der Waals surface area contributed by atoms with Crippen LogP contribution in [0, 0.1) is 0 Å². The van der Waals surface area contributed by atoms with Crippen LogP contribution in [0.25, 0.3) is 0 Å². The Hall–Kier alpha value is -1.89. The molecule has 2 N–H and O–H groups in total. The van der Waals surface area contributed by atoms with Gasteiger partial charge in [0.15, 0.2) is 0 Å². The van der Waals surface area contributed by atoms with Crippen molar-refractivity contribution >= 4 is 22.5 Å². The van der Waals surface area contributed by atoms with Crippen molar-refractivity contribution in [3.63, 3.8) is 0 Å².